The van der Waals surface area contributed by atoms with Gasteiger partial charge in [0.25, 0.3) is 0 Å². The van der Waals surface area contributed by atoms with Gasteiger partial charge in [-0.15, -0.1) is 0 Å². The first-order valence-electron chi connectivity index (χ1n) is 9.19. The van der Waals surface area contributed by atoms with Gasteiger partial charge in [-0.2, -0.15) is 5.10 Å². The number of H-pyrrole nitrogens is 1. The van der Waals surface area contributed by atoms with Gasteiger partial charge in [0, 0.05) is 42.5 Å². The van der Waals surface area contributed by atoms with E-state index in [1.165, 1.54) is 12.0 Å². The maximum Gasteiger partial charge on any atom is 0.191 e. The molecule has 3 aromatic rings. The Kier molecular flexibility index (Phi) is 5.43. The zero-order valence-electron chi connectivity index (χ0n) is 15.4. The monoisotopic (exact) mass is 395 g/mol. The van der Waals surface area contributed by atoms with Gasteiger partial charge >= 0.3 is 0 Å². The lowest BCUT2D eigenvalue weighted by Gasteiger charge is -2.36. The number of anilines is 1. The fourth-order valence-corrected chi connectivity index (χ4v) is 3.41. The number of halogens is 1. The summed E-state index contributed by atoms with van der Waals surface area (Å²) in [5, 5.41) is 7.53. The summed E-state index contributed by atoms with van der Waals surface area (Å²) < 4.78 is 0. The molecule has 0 bridgehead atoms. The van der Waals surface area contributed by atoms with E-state index in [2.05, 4.69) is 48.2 Å². The highest BCUT2D eigenvalue weighted by Crippen LogP contribution is 2.20. The summed E-state index contributed by atoms with van der Waals surface area (Å²) in [4.78, 5) is 13.2. The molecule has 144 valence electrons. The summed E-state index contributed by atoms with van der Waals surface area (Å²) in [6.07, 6.45) is 1.50. The fourth-order valence-electron chi connectivity index (χ4n) is 3.28. The van der Waals surface area contributed by atoms with E-state index in [0.717, 1.165) is 48.2 Å². The third-order valence-corrected chi connectivity index (χ3v) is 5.09. The zero-order valence-corrected chi connectivity index (χ0v) is 16.2. The number of rotatable bonds is 4. The molecular formula is C20H22ClN7. The van der Waals surface area contributed by atoms with Crippen molar-refractivity contribution in [2.75, 3.05) is 31.1 Å². The third-order valence-electron chi connectivity index (χ3n) is 4.83. The van der Waals surface area contributed by atoms with E-state index in [9.17, 15) is 0 Å². The Morgan fingerprint density at radius 3 is 2.61 bits per heavy atom. The molecule has 28 heavy (non-hydrogen) atoms. The number of benzene rings is 2. The standard InChI is InChI=1S/C20H22ClN7/c21-17-4-6-18(7-5-17)27-8-10-28(11-9-27)20(22)23-13-15-2-1-3-16(12-15)19-24-14-25-26-19/h1-7,12,14H,8-11,13H2,(H2,22,23)(H,24,25,26). The van der Waals surface area contributed by atoms with Crippen molar-refractivity contribution in [1.29, 1.82) is 0 Å². The number of nitrogens with two attached hydrogens (primary N) is 1. The topological polar surface area (TPSA) is 86.4 Å². The Morgan fingerprint density at radius 1 is 1.11 bits per heavy atom. The highest BCUT2D eigenvalue weighted by molar-refractivity contribution is 6.30. The van der Waals surface area contributed by atoms with E-state index in [0.29, 0.717) is 12.5 Å². The summed E-state index contributed by atoms with van der Waals surface area (Å²) in [5.41, 5.74) is 9.50. The molecule has 0 spiro atoms. The van der Waals surface area contributed by atoms with Crippen molar-refractivity contribution in [2.24, 2.45) is 10.7 Å². The molecule has 0 amide bonds. The molecule has 3 N–H and O–H groups in total. The van der Waals surface area contributed by atoms with E-state index < -0.39 is 0 Å². The smallest absolute Gasteiger partial charge is 0.191 e. The van der Waals surface area contributed by atoms with Crippen LogP contribution in [0.4, 0.5) is 5.69 Å². The van der Waals surface area contributed by atoms with Crippen LogP contribution in [-0.4, -0.2) is 52.2 Å². The molecule has 1 fully saturated rings. The van der Waals surface area contributed by atoms with Gasteiger partial charge in [-0.05, 0) is 35.9 Å². The second-order valence-electron chi connectivity index (χ2n) is 6.66. The van der Waals surface area contributed by atoms with Gasteiger partial charge in [0.2, 0.25) is 0 Å². The van der Waals surface area contributed by atoms with E-state index >= 15 is 0 Å². The number of nitrogens with zero attached hydrogens (tertiary/aromatic N) is 5. The van der Waals surface area contributed by atoms with Crippen molar-refractivity contribution < 1.29 is 0 Å². The minimum absolute atomic E-state index is 0.533. The summed E-state index contributed by atoms with van der Waals surface area (Å²) >= 11 is 5.97. The van der Waals surface area contributed by atoms with Gasteiger partial charge in [0.15, 0.2) is 11.8 Å². The molecule has 8 heteroatoms. The van der Waals surface area contributed by atoms with Gasteiger partial charge in [-0.3, -0.25) is 5.10 Å². The van der Waals surface area contributed by atoms with Gasteiger partial charge < -0.3 is 15.5 Å². The minimum atomic E-state index is 0.533. The van der Waals surface area contributed by atoms with Crippen LogP contribution in [0.15, 0.2) is 59.9 Å². The molecule has 0 aliphatic carbocycles. The molecular weight excluding hydrogens is 374 g/mol. The predicted octanol–water partition coefficient (Wildman–Crippen LogP) is 2.76. The van der Waals surface area contributed by atoms with E-state index in [-0.39, 0.29) is 0 Å². The van der Waals surface area contributed by atoms with E-state index in [1.54, 1.807) is 0 Å². The van der Waals surface area contributed by atoms with Crippen molar-refractivity contribution in [3.63, 3.8) is 0 Å². The molecule has 4 rings (SSSR count). The zero-order chi connectivity index (χ0) is 19.3. The first-order chi connectivity index (χ1) is 13.7. The van der Waals surface area contributed by atoms with Crippen molar-refractivity contribution in [1.82, 2.24) is 20.1 Å². The molecule has 7 nitrogen and oxygen atoms in total. The third kappa shape index (κ3) is 4.26. The Bertz CT molecular complexity index is 929. The molecule has 0 atom stereocenters. The second-order valence-corrected chi connectivity index (χ2v) is 7.10. The first-order valence-corrected chi connectivity index (χ1v) is 9.57. The predicted molar refractivity (Wildman–Crippen MR) is 112 cm³/mol. The number of aromatic amines is 1. The maximum atomic E-state index is 6.24. The largest absolute Gasteiger partial charge is 0.370 e. The van der Waals surface area contributed by atoms with Crippen LogP contribution in [0.5, 0.6) is 0 Å². The Labute approximate surface area is 168 Å². The second kappa shape index (κ2) is 8.31. The van der Waals surface area contributed by atoms with Crippen molar-refractivity contribution in [3.8, 4) is 11.4 Å². The first kappa shape index (κ1) is 18.3. The molecule has 1 aromatic heterocycles. The molecule has 1 aliphatic heterocycles. The summed E-state index contributed by atoms with van der Waals surface area (Å²) in [7, 11) is 0. The quantitative estimate of drug-likeness (QED) is 0.524. The van der Waals surface area contributed by atoms with Gasteiger partial charge in [-0.1, -0.05) is 29.8 Å². The summed E-state index contributed by atoms with van der Waals surface area (Å²) in [6, 6.07) is 16.0. The van der Waals surface area contributed by atoms with Crippen LogP contribution < -0.4 is 10.6 Å². The average Bonchev–Trinajstić information content (AvgIpc) is 3.28. The van der Waals surface area contributed by atoms with Crippen LogP contribution in [0.1, 0.15) is 5.56 Å². The molecule has 1 saturated heterocycles. The van der Waals surface area contributed by atoms with Crippen LogP contribution in [-0.2, 0) is 6.54 Å². The van der Waals surface area contributed by atoms with E-state index in [4.69, 9.17) is 17.3 Å². The molecule has 0 radical (unpaired) electrons. The number of piperazine rings is 1. The SMILES string of the molecule is NC(=NCc1cccc(-c2ncn[nH]2)c1)N1CCN(c2ccc(Cl)cc2)CC1. The highest BCUT2D eigenvalue weighted by Gasteiger charge is 2.18. The van der Waals surface area contributed by atoms with Gasteiger partial charge in [0.1, 0.15) is 6.33 Å². The Balaban J connectivity index is 1.35. The molecule has 0 saturated carbocycles. The van der Waals surface area contributed by atoms with Crippen molar-refractivity contribution in [2.45, 2.75) is 6.54 Å². The maximum absolute atomic E-state index is 6.24. The number of aliphatic imine (C=N–C) groups is 1. The lowest BCUT2D eigenvalue weighted by molar-refractivity contribution is 0.380. The summed E-state index contributed by atoms with van der Waals surface area (Å²) in [6.45, 7) is 4.02. The van der Waals surface area contributed by atoms with Gasteiger partial charge in [-0.25, -0.2) is 9.98 Å². The van der Waals surface area contributed by atoms with E-state index in [1.807, 2.05) is 30.3 Å². The number of guanidine groups is 1. The van der Waals surface area contributed by atoms with Crippen LogP contribution in [0, 0.1) is 0 Å². The Morgan fingerprint density at radius 2 is 1.89 bits per heavy atom. The molecule has 0 unspecified atom stereocenters. The number of hydrogen-bond donors (Lipinski definition) is 2. The summed E-state index contributed by atoms with van der Waals surface area (Å²) in [5.74, 6) is 1.33. The van der Waals surface area contributed by atoms with Crippen LogP contribution in [0.25, 0.3) is 11.4 Å². The minimum Gasteiger partial charge on any atom is -0.370 e. The van der Waals surface area contributed by atoms with Crippen molar-refractivity contribution in [3.05, 3.63) is 65.4 Å². The number of aromatic nitrogens is 3. The fraction of sp³-hybridized carbons (Fsp3) is 0.250. The Hall–Kier alpha value is -3.06. The van der Waals surface area contributed by atoms with Crippen molar-refractivity contribution >= 4 is 23.2 Å². The molecule has 2 aromatic carbocycles. The average molecular weight is 396 g/mol. The molecule has 2 heterocycles. The van der Waals surface area contributed by atoms with Gasteiger partial charge in [0.05, 0.1) is 6.54 Å². The lowest BCUT2D eigenvalue weighted by Crippen LogP contribution is -2.51. The van der Waals surface area contributed by atoms with Crippen LogP contribution in [0.2, 0.25) is 5.02 Å². The normalized spacial score (nSPS) is 15.1. The number of hydrogen-bond acceptors (Lipinski definition) is 4. The van der Waals surface area contributed by atoms with Crippen LogP contribution in [0.3, 0.4) is 0 Å². The molecule has 1 aliphatic rings. The highest BCUT2D eigenvalue weighted by atomic mass is 35.5. The lowest BCUT2D eigenvalue weighted by atomic mass is 10.1. The number of nitrogens with one attached hydrogen (secondary N) is 1. The van der Waals surface area contributed by atoms with Crippen LogP contribution >= 0.6 is 11.6 Å².